The summed E-state index contributed by atoms with van der Waals surface area (Å²) in [5.74, 6) is -0.00738. The van der Waals surface area contributed by atoms with Crippen molar-refractivity contribution >= 4 is 34.5 Å². The van der Waals surface area contributed by atoms with Gasteiger partial charge in [-0.1, -0.05) is 44.0 Å². The number of para-hydroxylation sites is 3. The van der Waals surface area contributed by atoms with E-state index in [-0.39, 0.29) is 24.1 Å². The van der Waals surface area contributed by atoms with Crippen molar-refractivity contribution < 1.29 is 14.0 Å². The Balaban J connectivity index is 1.50. The van der Waals surface area contributed by atoms with Crippen molar-refractivity contribution in [2.24, 2.45) is 5.92 Å². The number of benzene rings is 2. The number of fused-ring (bicyclic) bond motifs is 3. The highest BCUT2D eigenvalue weighted by molar-refractivity contribution is 6.05. The van der Waals surface area contributed by atoms with Crippen molar-refractivity contribution in [1.82, 2.24) is 9.55 Å². The van der Waals surface area contributed by atoms with Gasteiger partial charge < -0.3 is 5.32 Å². The Bertz CT molecular complexity index is 1160. The van der Waals surface area contributed by atoms with Gasteiger partial charge in [0.05, 0.1) is 23.1 Å². The number of carbonyl (C=O) groups excluding carboxylic acids is 2. The lowest BCUT2D eigenvalue weighted by atomic mass is 9.85. The van der Waals surface area contributed by atoms with Crippen molar-refractivity contribution in [3.63, 3.8) is 0 Å². The largest absolute Gasteiger partial charge is 0.324 e. The van der Waals surface area contributed by atoms with Crippen LogP contribution in [0.3, 0.4) is 0 Å². The molecule has 1 N–H and O–H groups in total. The van der Waals surface area contributed by atoms with Crippen molar-refractivity contribution in [2.45, 2.75) is 51.1 Å². The van der Waals surface area contributed by atoms with E-state index in [1.807, 2.05) is 33.7 Å². The minimum Gasteiger partial charge on any atom is -0.324 e. The summed E-state index contributed by atoms with van der Waals surface area (Å²) in [5.41, 5.74) is 1.75. The number of halogens is 1. The molecule has 2 heterocycles. The fourth-order valence-electron chi connectivity index (χ4n) is 4.99. The summed E-state index contributed by atoms with van der Waals surface area (Å²) < 4.78 is 15.9. The Morgan fingerprint density at radius 2 is 1.87 bits per heavy atom. The first-order chi connectivity index (χ1) is 15.0. The lowest BCUT2D eigenvalue weighted by molar-refractivity contribution is -0.125. The molecule has 2 aliphatic rings. The summed E-state index contributed by atoms with van der Waals surface area (Å²) in [4.78, 5) is 33.0. The third-order valence-corrected chi connectivity index (χ3v) is 6.55. The van der Waals surface area contributed by atoms with Gasteiger partial charge >= 0.3 is 0 Å². The molecule has 1 aliphatic carbocycles. The van der Waals surface area contributed by atoms with Crippen LogP contribution in [-0.4, -0.2) is 27.4 Å². The zero-order chi connectivity index (χ0) is 21.5. The van der Waals surface area contributed by atoms with E-state index in [4.69, 9.17) is 4.98 Å². The van der Waals surface area contributed by atoms with E-state index in [2.05, 4.69) is 12.2 Å². The SMILES string of the molecule is C[C@@H]1CCCC[C@@H]1N1C(=O)[C@@H](CC(=O)Nc2ccccc2F)n2c1nc1ccccc12. The highest BCUT2D eigenvalue weighted by Crippen LogP contribution is 2.41. The molecule has 31 heavy (non-hydrogen) atoms. The van der Waals surface area contributed by atoms with E-state index < -0.39 is 17.8 Å². The molecule has 1 saturated carbocycles. The molecule has 2 amide bonds. The van der Waals surface area contributed by atoms with Crippen LogP contribution in [0.25, 0.3) is 11.0 Å². The molecule has 0 unspecified atom stereocenters. The van der Waals surface area contributed by atoms with E-state index in [1.165, 1.54) is 18.6 Å². The molecule has 0 bridgehead atoms. The lowest BCUT2D eigenvalue weighted by Gasteiger charge is -2.35. The number of imidazole rings is 1. The smallest absolute Gasteiger partial charge is 0.253 e. The summed E-state index contributed by atoms with van der Waals surface area (Å²) in [6, 6.07) is 13.1. The second kappa shape index (κ2) is 7.80. The molecule has 0 spiro atoms. The average Bonchev–Trinajstić information content (AvgIpc) is 3.25. The second-order valence-electron chi connectivity index (χ2n) is 8.56. The number of anilines is 2. The maximum Gasteiger partial charge on any atom is 0.253 e. The van der Waals surface area contributed by atoms with E-state index in [9.17, 15) is 14.0 Å². The normalized spacial score (nSPS) is 23.2. The minimum atomic E-state index is -0.691. The van der Waals surface area contributed by atoms with Crippen LogP contribution in [0.2, 0.25) is 0 Å². The maximum atomic E-state index is 14.0. The fourth-order valence-corrected chi connectivity index (χ4v) is 4.99. The van der Waals surface area contributed by atoms with Crippen LogP contribution in [-0.2, 0) is 9.59 Å². The van der Waals surface area contributed by atoms with Crippen LogP contribution in [0, 0.1) is 11.7 Å². The van der Waals surface area contributed by atoms with Crippen LogP contribution < -0.4 is 10.2 Å². The van der Waals surface area contributed by atoms with E-state index >= 15 is 0 Å². The molecule has 0 radical (unpaired) electrons. The number of hydrogen-bond donors (Lipinski definition) is 1. The summed E-state index contributed by atoms with van der Waals surface area (Å²) in [7, 11) is 0. The summed E-state index contributed by atoms with van der Waals surface area (Å²) in [6.45, 7) is 2.18. The maximum absolute atomic E-state index is 14.0. The van der Waals surface area contributed by atoms with Gasteiger partial charge in [-0.2, -0.15) is 0 Å². The van der Waals surface area contributed by atoms with Crippen molar-refractivity contribution in [3.8, 4) is 0 Å². The molecule has 2 aromatic carbocycles. The number of rotatable bonds is 4. The number of amides is 2. The first kappa shape index (κ1) is 19.7. The predicted octanol–water partition coefficient (Wildman–Crippen LogP) is 4.67. The lowest BCUT2D eigenvalue weighted by Crippen LogP contribution is -2.44. The number of hydrogen-bond acceptors (Lipinski definition) is 3. The topological polar surface area (TPSA) is 67.2 Å². The molecule has 1 aliphatic heterocycles. The molecule has 3 atom stereocenters. The van der Waals surface area contributed by atoms with Gasteiger partial charge in [0, 0.05) is 6.04 Å². The number of nitrogens with one attached hydrogen (secondary N) is 1. The van der Waals surface area contributed by atoms with Crippen molar-refractivity contribution in [2.75, 3.05) is 10.2 Å². The van der Waals surface area contributed by atoms with Crippen LogP contribution >= 0.6 is 0 Å². The Kier molecular flexibility index (Phi) is 4.96. The molecule has 0 saturated heterocycles. The molecule has 6 nitrogen and oxygen atoms in total. The zero-order valence-electron chi connectivity index (χ0n) is 17.4. The van der Waals surface area contributed by atoms with E-state index in [1.54, 1.807) is 12.1 Å². The van der Waals surface area contributed by atoms with E-state index in [0.717, 1.165) is 30.3 Å². The first-order valence-electron chi connectivity index (χ1n) is 10.9. The van der Waals surface area contributed by atoms with Crippen molar-refractivity contribution in [3.05, 3.63) is 54.3 Å². The first-order valence-corrected chi connectivity index (χ1v) is 10.9. The quantitative estimate of drug-likeness (QED) is 0.667. The van der Waals surface area contributed by atoms with Gasteiger partial charge in [-0.15, -0.1) is 0 Å². The summed E-state index contributed by atoms with van der Waals surface area (Å²) in [6.07, 6.45) is 4.19. The van der Waals surface area contributed by atoms with Gasteiger partial charge in [0.2, 0.25) is 11.9 Å². The molecular weight excluding hydrogens is 395 g/mol. The third kappa shape index (κ3) is 3.38. The Hall–Kier alpha value is -3.22. The number of aromatic nitrogens is 2. The molecule has 1 aromatic heterocycles. The fraction of sp³-hybridized carbons (Fsp3) is 0.375. The monoisotopic (exact) mass is 420 g/mol. The van der Waals surface area contributed by atoms with Crippen LogP contribution in [0.4, 0.5) is 16.0 Å². The Labute approximate surface area is 180 Å². The summed E-state index contributed by atoms with van der Waals surface area (Å²) in [5, 5.41) is 2.61. The second-order valence-corrected chi connectivity index (χ2v) is 8.56. The van der Waals surface area contributed by atoms with Crippen LogP contribution in [0.1, 0.15) is 45.1 Å². The standard InChI is InChI=1S/C24H25FN4O2/c1-15-8-2-6-12-19(15)29-23(31)21(14-22(30)26-17-10-4-3-9-16(17)25)28-20-13-7-5-11-18(20)27-24(28)29/h3-5,7,9-11,13,15,19,21H,2,6,8,12,14H2,1H3,(H,26,30)/t15-,19+,21-/m1/s1. The number of nitrogens with zero attached hydrogens (tertiary/aromatic N) is 3. The van der Waals surface area contributed by atoms with Gasteiger partial charge in [0.1, 0.15) is 11.9 Å². The van der Waals surface area contributed by atoms with Gasteiger partial charge in [-0.25, -0.2) is 9.37 Å². The van der Waals surface area contributed by atoms with Crippen LogP contribution in [0.5, 0.6) is 0 Å². The number of carbonyl (C=O) groups is 2. The third-order valence-electron chi connectivity index (χ3n) is 6.55. The molecule has 160 valence electrons. The Morgan fingerprint density at radius 3 is 2.68 bits per heavy atom. The molecule has 7 heteroatoms. The molecular formula is C24H25FN4O2. The minimum absolute atomic E-state index is 0.0713. The van der Waals surface area contributed by atoms with E-state index in [0.29, 0.717) is 11.9 Å². The van der Waals surface area contributed by atoms with Gasteiger partial charge in [0.25, 0.3) is 5.91 Å². The average molecular weight is 420 g/mol. The van der Waals surface area contributed by atoms with Gasteiger partial charge in [-0.05, 0) is 43.0 Å². The van der Waals surface area contributed by atoms with Crippen LogP contribution in [0.15, 0.2) is 48.5 Å². The highest BCUT2D eigenvalue weighted by Gasteiger charge is 2.45. The highest BCUT2D eigenvalue weighted by atomic mass is 19.1. The summed E-state index contributed by atoms with van der Waals surface area (Å²) >= 11 is 0. The Morgan fingerprint density at radius 1 is 1.13 bits per heavy atom. The van der Waals surface area contributed by atoms with Crippen molar-refractivity contribution in [1.29, 1.82) is 0 Å². The zero-order valence-corrected chi connectivity index (χ0v) is 17.4. The molecule has 3 aromatic rings. The molecule has 5 rings (SSSR count). The van der Waals surface area contributed by atoms with Gasteiger partial charge in [0.15, 0.2) is 0 Å². The predicted molar refractivity (Wildman–Crippen MR) is 117 cm³/mol. The molecule has 1 fully saturated rings. The van der Waals surface area contributed by atoms with Gasteiger partial charge in [-0.3, -0.25) is 19.1 Å².